The molecule has 0 aliphatic heterocycles. The zero-order valence-electron chi connectivity index (χ0n) is 11.0. The fourth-order valence-corrected chi connectivity index (χ4v) is 3.65. The first kappa shape index (κ1) is 14.3. The number of thiophene rings is 1. The van der Waals surface area contributed by atoms with Gasteiger partial charge in [-0.2, -0.15) is 0 Å². The molecule has 0 spiro atoms. The van der Waals surface area contributed by atoms with E-state index in [0.29, 0.717) is 22.9 Å². The summed E-state index contributed by atoms with van der Waals surface area (Å²) in [4.78, 5) is 0.241. The molecule has 1 heterocycles. The van der Waals surface area contributed by atoms with E-state index in [-0.39, 0.29) is 4.99 Å². The summed E-state index contributed by atoms with van der Waals surface area (Å²) >= 11 is 12.9. The Kier molecular flexibility index (Phi) is 4.10. The van der Waals surface area contributed by atoms with Gasteiger partial charge in [-0.05, 0) is 29.0 Å². The number of hydrogen-bond acceptors (Lipinski definition) is 3. The molecule has 0 radical (unpaired) electrons. The average molecular weight is 334 g/mol. The standard InChI is InChI=1S/C16H12ClNOS2/c17-12-5-3-6-13(15(12)16(18)20)19-8-10-9-21-14-7-2-1-4-11(10)14/h1-7,9H,8H2,(H2,18,20). The van der Waals surface area contributed by atoms with Crippen LogP contribution in [0.15, 0.2) is 47.8 Å². The van der Waals surface area contributed by atoms with Crippen molar-refractivity contribution in [3.63, 3.8) is 0 Å². The molecular weight excluding hydrogens is 322 g/mol. The van der Waals surface area contributed by atoms with E-state index >= 15 is 0 Å². The Labute approximate surface area is 137 Å². The highest BCUT2D eigenvalue weighted by Gasteiger charge is 2.12. The zero-order valence-corrected chi connectivity index (χ0v) is 13.4. The van der Waals surface area contributed by atoms with Crippen LogP contribution in [0.2, 0.25) is 5.02 Å². The van der Waals surface area contributed by atoms with E-state index in [0.717, 1.165) is 5.56 Å². The number of nitrogens with two attached hydrogens (primary N) is 1. The van der Waals surface area contributed by atoms with Crippen LogP contribution in [0.3, 0.4) is 0 Å². The number of thiocarbonyl (C=S) groups is 1. The predicted octanol–water partition coefficient (Wildman–Crippen LogP) is 4.77. The minimum atomic E-state index is 0.241. The van der Waals surface area contributed by atoms with E-state index in [4.69, 9.17) is 34.3 Å². The third-order valence-corrected chi connectivity index (χ3v) is 4.70. The number of ether oxygens (including phenoxy) is 1. The average Bonchev–Trinajstić information content (AvgIpc) is 2.88. The number of halogens is 1. The molecule has 2 N–H and O–H groups in total. The molecule has 0 unspecified atom stereocenters. The van der Waals surface area contributed by atoms with Gasteiger partial charge in [-0.1, -0.05) is 48.1 Å². The summed E-state index contributed by atoms with van der Waals surface area (Å²) in [6, 6.07) is 13.7. The SMILES string of the molecule is NC(=S)c1c(Cl)cccc1OCc1csc2ccccc12. The van der Waals surface area contributed by atoms with E-state index < -0.39 is 0 Å². The van der Waals surface area contributed by atoms with E-state index in [2.05, 4.69) is 17.5 Å². The quantitative estimate of drug-likeness (QED) is 0.699. The van der Waals surface area contributed by atoms with Gasteiger partial charge in [-0.15, -0.1) is 11.3 Å². The molecule has 3 rings (SSSR count). The van der Waals surface area contributed by atoms with Gasteiger partial charge >= 0.3 is 0 Å². The number of fused-ring (bicyclic) bond motifs is 1. The second-order valence-corrected chi connectivity index (χ2v) is 6.28. The smallest absolute Gasteiger partial charge is 0.131 e. The molecule has 2 aromatic carbocycles. The third kappa shape index (κ3) is 2.88. The van der Waals surface area contributed by atoms with E-state index in [1.54, 1.807) is 17.4 Å². The van der Waals surface area contributed by atoms with Gasteiger partial charge in [0.05, 0.1) is 10.6 Å². The molecule has 21 heavy (non-hydrogen) atoms. The van der Waals surface area contributed by atoms with Gasteiger partial charge in [0.2, 0.25) is 0 Å². The molecule has 5 heteroatoms. The van der Waals surface area contributed by atoms with Crippen LogP contribution >= 0.6 is 35.2 Å². The lowest BCUT2D eigenvalue weighted by molar-refractivity contribution is 0.307. The van der Waals surface area contributed by atoms with Crippen LogP contribution in [-0.2, 0) is 6.61 Å². The summed E-state index contributed by atoms with van der Waals surface area (Å²) in [6.45, 7) is 0.458. The summed E-state index contributed by atoms with van der Waals surface area (Å²) in [7, 11) is 0. The molecule has 0 bridgehead atoms. The molecular formula is C16H12ClNOS2. The molecule has 0 aliphatic carbocycles. The lowest BCUT2D eigenvalue weighted by atomic mass is 10.2. The van der Waals surface area contributed by atoms with Crippen LogP contribution in [-0.4, -0.2) is 4.99 Å². The summed E-state index contributed by atoms with van der Waals surface area (Å²) in [5.41, 5.74) is 7.46. The third-order valence-electron chi connectivity index (χ3n) is 3.17. The summed E-state index contributed by atoms with van der Waals surface area (Å²) in [5, 5.41) is 3.83. The van der Waals surface area contributed by atoms with Crippen molar-refractivity contribution in [2.45, 2.75) is 6.61 Å². The van der Waals surface area contributed by atoms with Crippen LogP contribution in [0.4, 0.5) is 0 Å². The molecule has 0 saturated heterocycles. The Hall–Kier alpha value is -1.62. The topological polar surface area (TPSA) is 35.2 Å². The van der Waals surface area contributed by atoms with Gasteiger partial charge in [0, 0.05) is 10.3 Å². The molecule has 0 fully saturated rings. The van der Waals surface area contributed by atoms with Crippen LogP contribution in [0, 0.1) is 0 Å². The summed E-state index contributed by atoms with van der Waals surface area (Å²) < 4.78 is 7.13. The molecule has 106 valence electrons. The maximum Gasteiger partial charge on any atom is 0.131 e. The monoisotopic (exact) mass is 333 g/mol. The Balaban J connectivity index is 1.89. The highest BCUT2D eigenvalue weighted by Crippen LogP contribution is 2.30. The minimum Gasteiger partial charge on any atom is -0.488 e. The Morgan fingerprint density at radius 2 is 2.00 bits per heavy atom. The maximum atomic E-state index is 6.13. The molecule has 0 atom stereocenters. The van der Waals surface area contributed by atoms with Crippen molar-refractivity contribution < 1.29 is 4.74 Å². The van der Waals surface area contributed by atoms with Crippen molar-refractivity contribution in [2.24, 2.45) is 5.73 Å². The normalized spacial score (nSPS) is 10.7. The van der Waals surface area contributed by atoms with Crippen LogP contribution in [0.25, 0.3) is 10.1 Å². The first-order valence-corrected chi connectivity index (χ1v) is 7.99. The first-order chi connectivity index (χ1) is 10.2. The molecule has 1 aromatic heterocycles. The predicted molar refractivity (Wildman–Crippen MR) is 93.5 cm³/mol. The number of hydrogen-bond donors (Lipinski definition) is 1. The largest absolute Gasteiger partial charge is 0.488 e. The lowest BCUT2D eigenvalue weighted by Crippen LogP contribution is -2.12. The molecule has 3 aromatic rings. The second-order valence-electron chi connectivity index (χ2n) is 4.52. The Morgan fingerprint density at radius 1 is 1.19 bits per heavy atom. The number of rotatable bonds is 4. The fraction of sp³-hybridized carbons (Fsp3) is 0.0625. The van der Waals surface area contributed by atoms with Gasteiger partial charge < -0.3 is 10.5 Å². The van der Waals surface area contributed by atoms with Crippen molar-refractivity contribution in [2.75, 3.05) is 0 Å². The zero-order chi connectivity index (χ0) is 14.8. The van der Waals surface area contributed by atoms with Crippen molar-refractivity contribution in [3.8, 4) is 5.75 Å². The van der Waals surface area contributed by atoms with Crippen molar-refractivity contribution >= 4 is 50.2 Å². The summed E-state index contributed by atoms with van der Waals surface area (Å²) in [6.07, 6.45) is 0. The molecule has 2 nitrogen and oxygen atoms in total. The van der Waals surface area contributed by atoms with Gasteiger partial charge in [0.25, 0.3) is 0 Å². The molecule has 0 aliphatic rings. The Morgan fingerprint density at radius 3 is 2.81 bits per heavy atom. The van der Waals surface area contributed by atoms with Gasteiger partial charge in [-0.3, -0.25) is 0 Å². The van der Waals surface area contributed by atoms with Crippen molar-refractivity contribution in [1.82, 2.24) is 0 Å². The molecule has 0 amide bonds. The second kappa shape index (κ2) is 6.02. The summed E-state index contributed by atoms with van der Waals surface area (Å²) in [5.74, 6) is 0.616. The van der Waals surface area contributed by atoms with E-state index in [9.17, 15) is 0 Å². The van der Waals surface area contributed by atoms with E-state index in [1.165, 1.54) is 10.1 Å². The fourth-order valence-electron chi connectivity index (χ4n) is 2.16. The van der Waals surface area contributed by atoms with Crippen LogP contribution in [0.5, 0.6) is 5.75 Å². The lowest BCUT2D eigenvalue weighted by Gasteiger charge is -2.11. The van der Waals surface area contributed by atoms with E-state index in [1.807, 2.05) is 24.3 Å². The highest BCUT2D eigenvalue weighted by molar-refractivity contribution is 7.80. The van der Waals surface area contributed by atoms with Crippen molar-refractivity contribution in [1.29, 1.82) is 0 Å². The van der Waals surface area contributed by atoms with Gasteiger partial charge in [-0.25, -0.2) is 0 Å². The van der Waals surface area contributed by atoms with Crippen LogP contribution < -0.4 is 10.5 Å². The van der Waals surface area contributed by atoms with Crippen molar-refractivity contribution in [3.05, 3.63) is 64.0 Å². The number of benzene rings is 2. The van der Waals surface area contributed by atoms with Gasteiger partial charge in [0.1, 0.15) is 17.3 Å². The maximum absolute atomic E-state index is 6.13. The minimum absolute atomic E-state index is 0.241. The van der Waals surface area contributed by atoms with Crippen LogP contribution in [0.1, 0.15) is 11.1 Å². The van der Waals surface area contributed by atoms with Gasteiger partial charge in [0.15, 0.2) is 0 Å². The highest BCUT2D eigenvalue weighted by atomic mass is 35.5. The molecule has 0 saturated carbocycles. The Bertz CT molecular complexity index is 813. The first-order valence-electron chi connectivity index (χ1n) is 6.33.